The summed E-state index contributed by atoms with van der Waals surface area (Å²) < 4.78 is 0. The third-order valence-corrected chi connectivity index (χ3v) is 13.6. The molecule has 10 aromatic carbocycles. The zero-order valence-electron chi connectivity index (χ0n) is 34.8. The zero-order valence-corrected chi connectivity index (χ0v) is 34.8. The monoisotopic (exact) mass is 801 g/mol. The minimum atomic E-state index is -0.600. The van der Waals surface area contributed by atoms with Crippen LogP contribution in [-0.2, 0) is 10.8 Å². The molecule has 0 fully saturated rings. The van der Waals surface area contributed by atoms with E-state index in [0.29, 0.717) is 0 Å². The van der Waals surface area contributed by atoms with Gasteiger partial charge in [0.05, 0.1) is 10.8 Å². The molecular weight excluding hydrogens is 759 g/mol. The maximum Gasteiger partial charge on any atom is 0.0720 e. The molecule has 0 heterocycles. The maximum atomic E-state index is 2.50. The second-order valence-electron chi connectivity index (χ2n) is 16.8. The lowest BCUT2D eigenvalue weighted by atomic mass is 9.51. The van der Waals surface area contributed by atoms with Crippen molar-refractivity contribution in [3.05, 3.63) is 305 Å². The number of benzene rings is 10. The Morgan fingerprint density at radius 1 is 0.222 bits per heavy atom. The molecule has 0 unspecified atom stereocenters. The average Bonchev–Trinajstić information content (AvgIpc) is 3.66. The highest BCUT2D eigenvalue weighted by atomic mass is 15.1. The van der Waals surface area contributed by atoms with Crippen molar-refractivity contribution < 1.29 is 0 Å². The van der Waals surface area contributed by atoms with E-state index in [9.17, 15) is 0 Å². The van der Waals surface area contributed by atoms with E-state index in [-0.39, 0.29) is 0 Å². The van der Waals surface area contributed by atoms with Crippen LogP contribution in [0.5, 0.6) is 0 Å². The van der Waals surface area contributed by atoms with Gasteiger partial charge in [-0.05, 0) is 114 Å². The lowest BCUT2D eigenvalue weighted by Crippen LogP contribution is -2.44. The van der Waals surface area contributed by atoms with Crippen molar-refractivity contribution in [2.24, 2.45) is 0 Å². The molecule has 0 aromatic heterocycles. The quantitative estimate of drug-likeness (QED) is 0.155. The third-order valence-electron chi connectivity index (χ3n) is 13.6. The van der Waals surface area contributed by atoms with Gasteiger partial charge in [0.15, 0.2) is 0 Å². The summed E-state index contributed by atoms with van der Waals surface area (Å²) in [4.78, 5) is 2.44. The minimum Gasteiger partial charge on any atom is -0.310 e. The predicted octanol–water partition coefficient (Wildman–Crippen LogP) is 15.5. The first-order chi connectivity index (χ1) is 31.3. The fraction of sp³-hybridized carbons (Fsp3) is 0.0323. The molecule has 12 rings (SSSR count). The molecule has 63 heavy (non-hydrogen) atoms. The molecule has 1 nitrogen and oxygen atoms in total. The van der Waals surface area contributed by atoms with Crippen LogP contribution in [0, 0.1) is 0 Å². The van der Waals surface area contributed by atoms with Crippen molar-refractivity contribution in [3.63, 3.8) is 0 Å². The summed E-state index contributed by atoms with van der Waals surface area (Å²) >= 11 is 0. The number of rotatable bonds is 7. The van der Waals surface area contributed by atoms with Crippen LogP contribution in [0.4, 0.5) is 17.1 Å². The van der Waals surface area contributed by atoms with Crippen molar-refractivity contribution in [2.45, 2.75) is 10.8 Å². The van der Waals surface area contributed by atoms with Crippen molar-refractivity contribution in [2.75, 3.05) is 4.90 Å². The van der Waals surface area contributed by atoms with Crippen LogP contribution in [-0.4, -0.2) is 0 Å². The lowest BCUT2D eigenvalue weighted by Gasteiger charge is -2.50. The predicted molar refractivity (Wildman–Crippen MR) is 261 cm³/mol. The van der Waals surface area contributed by atoms with Crippen molar-refractivity contribution in [1.29, 1.82) is 0 Å². The van der Waals surface area contributed by atoms with E-state index in [1.54, 1.807) is 0 Å². The van der Waals surface area contributed by atoms with E-state index in [0.717, 1.165) is 17.1 Å². The second-order valence-corrected chi connectivity index (χ2v) is 16.8. The van der Waals surface area contributed by atoms with E-state index >= 15 is 0 Å². The standard InChI is InChI=1S/C62H43N/c1-5-20-44(21-6-1)46-36-38-50(39-37-46)63(51-29-19-24-47(42-51)45-22-7-2-8-23-45)52-40-41-54-53-30-13-14-31-55(53)62(60(54)43-52)58-34-17-15-32-56(58)61(48-25-9-3-10-26-48,49-27-11-4-12-28-49)57-33-16-18-35-59(57)62/h1-43H. The molecule has 0 saturated heterocycles. The first kappa shape index (κ1) is 36.8. The molecule has 0 radical (unpaired) electrons. The summed E-state index contributed by atoms with van der Waals surface area (Å²) in [5, 5.41) is 0. The molecule has 1 spiro atoms. The van der Waals surface area contributed by atoms with E-state index in [1.165, 1.54) is 77.9 Å². The van der Waals surface area contributed by atoms with Crippen LogP contribution >= 0.6 is 0 Å². The van der Waals surface area contributed by atoms with Crippen LogP contribution in [0.1, 0.15) is 44.5 Å². The Morgan fingerprint density at radius 3 is 1.19 bits per heavy atom. The Hall–Kier alpha value is -8.00. The zero-order chi connectivity index (χ0) is 41.8. The fourth-order valence-electron chi connectivity index (χ4n) is 11.1. The van der Waals surface area contributed by atoms with Gasteiger partial charge in [-0.25, -0.2) is 0 Å². The Balaban J connectivity index is 1.14. The van der Waals surface area contributed by atoms with E-state index in [4.69, 9.17) is 0 Å². The molecule has 10 aromatic rings. The molecule has 0 aliphatic heterocycles. The Bertz CT molecular complexity index is 3170. The largest absolute Gasteiger partial charge is 0.310 e. The first-order valence-electron chi connectivity index (χ1n) is 21.9. The van der Waals surface area contributed by atoms with E-state index in [2.05, 4.69) is 266 Å². The summed E-state index contributed by atoms with van der Waals surface area (Å²) in [5.74, 6) is 0. The highest BCUT2D eigenvalue weighted by Gasteiger charge is 2.56. The summed E-state index contributed by atoms with van der Waals surface area (Å²) in [5.41, 5.74) is 19.8. The number of hydrogen-bond donors (Lipinski definition) is 0. The minimum absolute atomic E-state index is 0.555. The third kappa shape index (κ3) is 5.56. The summed E-state index contributed by atoms with van der Waals surface area (Å²) in [6.45, 7) is 0. The highest BCUT2D eigenvalue weighted by molar-refractivity contribution is 5.92. The molecule has 2 aliphatic carbocycles. The Labute approximate surface area is 369 Å². The van der Waals surface area contributed by atoms with Crippen LogP contribution in [0.2, 0.25) is 0 Å². The van der Waals surface area contributed by atoms with Gasteiger partial charge in [-0.3, -0.25) is 0 Å². The van der Waals surface area contributed by atoms with Crippen LogP contribution in [0.15, 0.2) is 261 Å². The van der Waals surface area contributed by atoms with Gasteiger partial charge in [-0.1, -0.05) is 224 Å². The van der Waals surface area contributed by atoms with E-state index in [1.807, 2.05) is 0 Å². The van der Waals surface area contributed by atoms with Crippen LogP contribution < -0.4 is 4.90 Å². The Kier molecular flexibility index (Phi) is 8.69. The smallest absolute Gasteiger partial charge is 0.0720 e. The van der Waals surface area contributed by atoms with Gasteiger partial charge in [0.1, 0.15) is 0 Å². The maximum absolute atomic E-state index is 2.50. The molecule has 0 bridgehead atoms. The first-order valence-corrected chi connectivity index (χ1v) is 21.9. The molecule has 296 valence electrons. The van der Waals surface area contributed by atoms with Gasteiger partial charge in [0, 0.05) is 17.1 Å². The number of anilines is 3. The second kappa shape index (κ2) is 14.9. The van der Waals surface area contributed by atoms with Crippen LogP contribution in [0.3, 0.4) is 0 Å². The topological polar surface area (TPSA) is 3.24 Å². The summed E-state index contributed by atoms with van der Waals surface area (Å²) in [7, 11) is 0. The van der Waals surface area contributed by atoms with Crippen molar-refractivity contribution in [3.8, 4) is 33.4 Å². The van der Waals surface area contributed by atoms with E-state index < -0.39 is 10.8 Å². The molecule has 0 saturated carbocycles. The normalized spacial score (nSPS) is 13.7. The number of nitrogens with zero attached hydrogens (tertiary/aromatic N) is 1. The molecule has 0 atom stereocenters. The highest BCUT2D eigenvalue weighted by Crippen LogP contribution is 2.65. The van der Waals surface area contributed by atoms with Crippen molar-refractivity contribution in [1.82, 2.24) is 0 Å². The molecule has 0 N–H and O–H groups in total. The van der Waals surface area contributed by atoms with Gasteiger partial charge in [0.25, 0.3) is 0 Å². The summed E-state index contributed by atoms with van der Waals surface area (Å²) in [6.07, 6.45) is 0. The average molecular weight is 802 g/mol. The van der Waals surface area contributed by atoms with Gasteiger partial charge in [-0.2, -0.15) is 0 Å². The van der Waals surface area contributed by atoms with Gasteiger partial charge >= 0.3 is 0 Å². The van der Waals surface area contributed by atoms with Crippen LogP contribution in [0.25, 0.3) is 33.4 Å². The van der Waals surface area contributed by atoms with Gasteiger partial charge in [-0.15, -0.1) is 0 Å². The molecule has 1 heteroatoms. The summed E-state index contributed by atoms with van der Waals surface area (Å²) in [6, 6.07) is 96.6. The number of fused-ring (bicyclic) bond motifs is 9. The molecule has 0 amide bonds. The van der Waals surface area contributed by atoms with Gasteiger partial charge in [0.2, 0.25) is 0 Å². The molecule has 2 aliphatic rings. The van der Waals surface area contributed by atoms with Gasteiger partial charge < -0.3 is 4.90 Å². The Morgan fingerprint density at radius 2 is 0.619 bits per heavy atom. The molecular formula is C62H43N. The van der Waals surface area contributed by atoms with Crippen molar-refractivity contribution >= 4 is 17.1 Å². The number of hydrogen-bond acceptors (Lipinski definition) is 1. The lowest BCUT2D eigenvalue weighted by molar-refractivity contribution is 0.623. The SMILES string of the molecule is c1ccc(-c2ccc(N(c3cccc(-c4ccccc4)c3)c3ccc4c(c3)C3(c5ccccc5-4)c4ccccc4C(c4ccccc4)(c4ccccc4)c4ccccc43)cc2)cc1. The fourth-order valence-corrected chi connectivity index (χ4v) is 11.1.